The normalized spacial score (nSPS) is 13.8. The van der Waals surface area contributed by atoms with Gasteiger partial charge < -0.3 is 19.5 Å². The molecule has 0 saturated heterocycles. The fourth-order valence-electron chi connectivity index (χ4n) is 2.67. The highest BCUT2D eigenvalue weighted by Crippen LogP contribution is 2.32. The highest BCUT2D eigenvalue weighted by molar-refractivity contribution is 5.76. The van der Waals surface area contributed by atoms with Crippen molar-refractivity contribution in [1.29, 1.82) is 0 Å². The summed E-state index contributed by atoms with van der Waals surface area (Å²) in [5, 5.41) is 3.01. The zero-order chi connectivity index (χ0) is 17.5. The Morgan fingerprint density at radius 3 is 2.68 bits per heavy atom. The summed E-state index contributed by atoms with van der Waals surface area (Å²) in [7, 11) is 0. The summed E-state index contributed by atoms with van der Waals surface area (Å²) in [5.41, 5.74) is 0.998. The van der Waals surface area contributed by atoms with E-state index in [1.165, 1.54) is 0 Å². The Balaban J connectivity index is 1.43. The first kappa shape index (κ1) is 17.1. The van der Waals surface area contributed by atoms with Gasteiger partial charge in [-0.05, 0) is 43.2 Å². The molecule has 0 bridgehead atoms. The van der Waals surface area contributed by atoms with Crippen molar-refractivity contribution in [2.45, 2.75) is 25.8 Å². The SMILES string of the molecule is C[C@@H](NC(=O)CCCOc1ccccc1)c1ccc2c(c1)OCCO2. The molecule has 0 aliphatic carbocycles. The summed E-state index contributed by atoms with van der Waals surface area (Å²) in [5.74, 6) is 2.33. The van der Waals surface area contributed by atoms with Gasteiger partial charge in [0.15, 0.2) is 11.5 Å². The number of nitrogens with one attached hydrogen (secondary N) is 1. The van der Waals surface area contributed by atoms with Gasteiger partial charge in [-0.25, -0.2) is 0 Å². The van der Waals surface area contributed by atoms with Crippen LogP contribution in [0.25, 0.3) is 0 Å². The lowest BCUT2D eigenvalue weighted by molar-refractivity contribution is -0.121. The molecule has 3 rings (SSSR count). The summed E-state index contributed by atoms with van der Waals surface area (Å²) in [6.07, 6.45) is 1.11. The van der Waals surface area contributed by atoms with Crippen LogP contribution in [-0.4, -0.2) is 25.7 Å². The van der Waals surface area contributed by atoms with Crippen molar-refractivity contribution in [3.63, 3.8) is 0 Å². The lowest BCUT2D eigenvalue weighted by Crippen LogP contribution is -2.27. The van der Waals surface area contributed by atoms with Crippen LogP contribution in [-0.2, 0) is 4.79 Å². The third-order valence-corrected chi connectivity index (χ3v) is 4.00. The molecule has 0 radical (unpaired) electrons. The van der Waals surface area contributed by atoms with E-state index in [-0.39, 0.29) is 11.9 Å². The topological polar surface area (TPSA) is 56.8 Å². The van der Waals surface area contributed by atoms with Crippen LogP contribution in [0.5, 0.6) is 17.2 Å². The van der Waals surface area contributed by atoms with E-state index in [0.29, 0.717) is 32.7 Å². The van der Waals surface area contributed by atoms with Crippen LogP contribution >= 0.6 is 0 Å². The minimum atomic E-state index is -0.0848. The van der Waals surface area contributed by atoms with E-state index >= 15 is 0 Å². The van der Waals surface area contributed by atoms with Crippen molar-refractivity contribution in [2.24, 2.45) is 0 Å². The van der Waals surface area contributed by atoms with Crippen molar-refractivity contribution < 1.29 is 19.0 Å². The monoisotopic (exact) mass is 341 g/mol. The number of benzene rings is 2. The van der Waals surface area contributed by atoms with Crippen molar-refractivity contribution >= 4 is 5.91 Å². The number of para-hydroxylation sites is 1. The van der Waals surface area contributed by atoms with Gasteiger partial charge >= 0.3 is 0 Å². The second-order valence-corrected chi connectivity index (χ2v) is 5.96. The maximum atomic E-state index is 12.1. The average Bonchev–Trinajstić information content (AvgIpc) is 2.65. The van der Waals surface area contributed by atoms with E-state index in [9.17, 15) is 4.79 Å². The molecule has 0 saturated carbocycles. The summed E-state index contributed by atoms with van der Waals surface area (Å²) in [6, 6.07) is 15.3. The van der Waals surface area contributed by atoms with E-state index in [4.69, 9.17) is 14.2 Å². The molecule has 5 nitrogen and oxygen atoms in total. The summed E-state index contributed by atoms with van der Waals surface area (Å²) in [6.45, 7) is 3.61. The largest absolute Gasteiger partial charge is 0.494 e. The van der Waals surface area contributed by atoms with Crippen LogP contribution in [0.1, 0.15) is 31.4 Å². The van der Waals surface area contributed by atoms with Crippen LogP contribution in [0.4, 0.5) is 0 Å². The molecule has 1 heterocycles. The Hall–Kier alpha value is -2.69. The first-order valence-corrected chi connectivity index (χ1v) is 8.59. The molecule has 0 fully saturated rings. The molecule has 0 aromatic heterocycles. The van der Waals surface area contributed by atoms with Gasteiger partial charge in [0.2, 0.25) is 5.91 Å². The Morgan fingerprint density at radius 1 is 1.12 bits per heavy atom. The minimum Gasteiger partial charge on any atom is -0.494 e. The average molecular weight is 341 g/mol. The number of fused-ring (bicyclic) bond motifs is 1. The van der Waals surface area contributed by atoms with Gasteiger partial charge in [0.25, 0.3) is 0 Å². The van der Waals surface area contributed by atoms with Crippen LogP contribution in [0.2, 0.25) is 0 Å². The van der Waals surface area contributed by atoms with E-state index in [2.05, 4.69) is 5.32 Å². The van der Waals surface area contributed by atoms with Gasteiger partial charge in [0.1, 0.15) is 19.0 Å². The molecule has 132 valence electrons. The molecular formula is C20H23NO4. The predicted octanol–water partition coefficient (Wildman–Crippen LogP) is 3.49. The number of carbonyl (C=O) groups is 1. The standard InChI is InChI=1S/C20H23NO4/c1-15(16-9-10-18-19(14-16)25-13-12-24-18)21-20(22)8-5-11-23-17-6-3-2-4-7-17/h2-4,6-7,9-10,14-15H,5,8,11-13H2,1H3,(H,21,22)/t15-/m1/s1. The molecule has 1 aliphatic heterocycles. The van der Waals surface area contributed by atoms with Crippen molar-refractivity contribution in [1.82, 2.24) is 5.32 Å². The number of amides is 1. The molecular weight excluding hydrogens is 318 g/mol. The van der Waals surface area contributed by atoms with Crippen molar-refractivity contribution in [3.05, 3.63) is 54.1 Å². The second kappa shape index (κ2) is 8.42. The van der Waals surface area contributed by atoms with E-state index in [0.717, 1.165) is 22.8 Å². The fourth-order valence-corrected chi connectivity index (χ4v) is 2.67. The molecule has 1 atom stereocenters. The first-order chi connectivity index (χ1) is 12.2. The summed E-state index contributed by atoms with van der Waals surface area (Å²) in [4.78, 5) is 12.1. The van der Waals surface area contributed by atoms with Gasteiger partial charge in [0, 0.05) is 6.42 Å². The van der Waals surface area contributed by atoms with Gasteiger partial charge in [-0.3, -0.25) is 4.79 Å². The van der Waals surface area contributed by atoms with Crippen LogP contribution in [0.15, 0.2) is 48.5 Å². The quantitative estimate of drug-likeness (QED) is 0.783. The number of rotatable bonds is 7. The summed E-state index contributed by atoms with van der Waals surface area (Å²) >= 11 is 0. The van der Waals surface area contributed by atoms with Crippen molar-refractivity contribution in [3.8, 4) is 17.2 Å². The maximum Gasteiger partial charge on any atom is 0.220 e. The predicted molar refractivity (Wildman–Crippen MR) is 95.2 cm³/mol. The Labute approximate surface area is 147 Å². The molecule has 2 aromatic rings. The van der Waals surface area contributed by atoms with Gasteiger partial charge in [0.05, 0.1) is 12.6 Å². The van der Waals surface area contributed by atoms with Crippen LogP contribution in [0, 0.1) is 0 Å². The smallest absolute Gasteiger partial charge is 0.220 e. The van der Waals surface area contributed by atoms with Gasteiger partial charge in [-0.2, -0.15) is 0 Å². The van der Waals surface area contributed by atoms with Gasteiger partial charge in [-0.15, -0.1) is 0 Å². The Morgan fingerprint density at radius 2 is 1.88 bits per heavy atom. The number of hydrogen-bond donors (Lipinski definition) is 1. The Bertz CT molecular complexity index is 702. The third kappa shape index (κ3) is 4.89. The third-order valence-electron chi connectivity index (χ3n) is 4.00. The molecule has 5 heteroatoms. The summed E-state index contributed by atoms with van der Waals surface area (Å²) < 4.78 is 16.7. The first-order valence-electron chi connectivity index (χ1n) is 8.59. The maximum absolute atomic E-state index is 12.1. The van der Waals surface area contributed by atoms with Crippen LogP contribution in [0.3, 0.4) is 0 Å². The second-order valence-electron chi connectivity index (χ2n) is 5.96. The van der Waals surface area contributed by atoms with E-state index in [1.807, 2.05) is 55.5 Å². The molecule has 1 N–H and O–H groups in total. The van der Waals surface area contributed by atoms with Gasteiger partial charge in [-0.1, -0.05) is 24.3 Å². The molecule has 1 aliphatic rings. The lowest BCUT2D eigenvalue weighted by Gasteiger charge is -2.21. The fraction of sp³-hybridized carbons (Fsp3) is 0.350. The Kier molecular flexibility index (Phi) is 5.77. The molecule has 0 unspecified atom stereocenters. The van der Waals surface area contributed by atoms with Crippen molar-refractivity contribution in [2.75, 3.05) is 19.8 Å². The minimum absolute atomic E-state index is 0.0130. The zero-order valence-electron chi connectivity index (χ0n) is 14.4. The number of hydrogen-bond acceptors (Lipinski definition) is 4. The lowest BCUT2D eigenvalue weighted by atomic mass is 10.1. The molecule has 2 aromatic carbocycles. The zero-order valence-corrected chi connectivity index (χ0v) is 14.4. The van der Waals surface area contributed by atoms with Crippen LogP contribution < -0.4 is 19.5 Å². The van der Waals surface area contributed by atoms with E-state index < -0.39 is 0 Å². The molecule has 1 amide bonds. The molecule has 0 spiro atoms. The number of ether oxygens (including phenoxy) is 3. The highest BCUT2D eigenvalue weighted by Gasteiger charge is 2.15. The van der Waals surface area contributed by atoms with E-state index in [1.54, 1.807) is 0 Å². The molecule has 25 heavy (non-hydrogen) atoms. The highest BCUT2D eigenvalue weighted by atomic mass is 16.6. The number of carbonyl (C=O) groups excluding carboxylic acids is 1.